The van der Waals surface area contributed by atoms with Gasteiger partial charge in [0.15, 0.2) is 0 Å². The Kier molecular flexibility index (Phi) is 28.3. The lowest BCUT2D eigenvalue weighted by molar-refractivity contribution is -0.121. The van der Waals surface area contributed by atoms with Crippen molar-refractivity contribution in [2.75, 3.05) is 52.4 Å². The summed E-state index contributed by atoms with van der Waals surface area (Å²) in [6.45, 7) is 49.7. The van der Waals surface area contributed by atoms with Crippen molar-refractivity contribution in [1.82, 2.24) is 41.7 Å². The molecule has 4 fully saturated rings. The predicted octanol–water partition coefficient (Wildman–Crippen LogP) is 18.8. The smallest absolute Gasteiger partial charge is 0.410 e. The number of nitrogens with one attached hydrogen (secondary N) is 6. The van der Waals surface area contributed by atoms with E-state index in [1.807, 2.05) is 65.2 Å². The van der Waals surface area contributed by atoms with E-state index in [1.165, 1.54) is 44.5 Å². The van der Waals surface area contributed by atoms with E-state index in [-0.39, 0.29) is 116 Å². The van der Waals surface area contributed by atoms with Crippen molar-refractivity contribution in [3.05, 3.63) is 135 Å². The fourth-order valence-electron chi connectivity index (χ4n) is 19.6. The fraction of sp³-hybridized carbons (Fsp3) is 0.651. The van der Waals surface area contributed by atoms with Gasteiger partial charge < -0.3 is 51.2 Å². The van der Waals surface area contributed by atoms with E-state index in [1.54, 1.807) is 27.7 Å². The topological polar surface area (TPSA) is 200 Å². The van der Waals surface area contributed by atoms with E-state index in [2.05, 4.69) is 150 Å². The molecule has 4 aliphatic heterocycles. The van der Waals surface area contributed by atoms with Crippen LogP contribution in [0.4, 0.5) is 9.59 Å². The number of nitrogens with zero attached hydrogens (tertiary/aromatic N) is 2. The Morgan fingerprint density at radius 1 is 0.361 bits per heavy atom. The predicted molar refractivity (Wildman–Crippen MR) is 445 cm³/mol. The number of halogens is 6. The van der Waals surface area contributed by atoms with Gasteiger partial charge in [0.2, 0.25) is 23.6 Å². The Morgan fingerprint density at radius 3 is 0.741 bits per heavy atom. The first-order valence-corrected chi connectivity index (χ1v) is 40.2. The summed E-state index contributed by atoms with van der Waals surface area (Å²) < 4.78 is 11.1. The fourth-order valence-corrected chi connectivity index (χ4v) is 20.2. The molecule has 16 nitrogen and oxygen atoms in total. The van der Waals surface area contributed by atoms with Crippen molar-refractivity contribution < 1.29 is 38.2 Å². The van der Waals surface area contributed by atoms with Gasteiger partial charge >= 0.3 is 12.2 Å². The molecule has 0 aromatic heterocycles. The maximum Gasteiger partial charge on any atom is 0.410 e. The van der Waals surface area contributed by atoms with Gasteiger partial charge in [-0.1, -0.05) is 70.7 Å². The highest BCUT2D eigenvalue weighted by molar-refractivity contribution is 6.32. The average molecular weight is 1610 g/mol. The zero-order valence-corrected chi connectivity index (χ0v) is 73.2. The van der Waals surface area contributed by atoms with Gasteiger partial charge in [-0.2, -0.15) is 0 Å². The molecule has 4 unspecified atom stereocenters. The molecule has 4 aromatic rings. The maximum atomic E-state index is 12.5. The monoisotopic (exact) mass is 1610 g/mol. The third-order valence-corrected chi connectivity index (χ3v) is 26.5. The second kappa shape index (κ2) is 34.0. The number of hydrogen-bond donors (Lipinski definition) is 6. The summed E-state index contributed by atoms with van der Waals surface area (Å²) in [5.41, 5.74) is 13.2. The lowest BCUT2D eigenvalue weighted by Crippen LogP contribution is -2.48. The number of rotatable bonds is 8. The first-order chi connectivity index (χ1) is 49.0. The molecule has 600 valence electrons. The van der Waals surface area contributed by atoms with Crippen LogP contribution >= 0.6 is 71.2 Å². The number of carbonyl (C=O) groups excluding carboxylic acids is 6. The molecule has 6 N–H and O–H groups in total. The quantitative estimate of drug-likeness (QED) is 0.0986. The minimum absolute atomic E-state index is 0. The number of carbonyl (C=O) groups is 6. The molecule has 6 amide bonds. The molecular formula is C86H126Cl6N8O8. The summed E-state index contributed by atoms with van der Waals surface area (Å²) >= 11 is 26.0. The van der Waals surface area contributed by atoms with E-state index in [4.69, 9.17) is 55.9 Å². The molecule has 0 radical (unpaired) electrons. The van der Waals surface area contributed by atoms with E-state index in [0.29, 0.717) is 38.0 Å². The number of aryl methyl sites for hydroxylation is 4. The Bertz CT molecular complexity index is 3730. The van der Waals surface area contributed by atoms with Gasteiger partial charge in [-0.3, -0.25) is 19.2 Å². The minimum Gasteiger partial charge on any atom is -0.444 e. The lowest BCUT2D eigenvalue weighted by atomic mass is 9.72. The molecule has 22 heteroatoms. The van der Waals surface area contributed by atoms with Crippen molar-refractivity contribution in [2.45, 2.75) is 308 Å². The van der Waals surface area contributed by atoms with Gasteiger partial charge in [0.1, 0.15) is 11.2 Å². The number of likely N-dealkylation sites (tertiary alicyclic amines) is 2. The molecule has 4 aromatic carbocycles. The molecule has 0 saturated carbocycles. The Balaban J connectivity index is 0.000000201. The Morgan fingerprint density at radius 2 is 0.556 bits per heavy atom. The van der Waals surface area contributed by atoms with Gasteiger partial charge in [0.25, 0.3) is 0 Å². The zero-order chi connectivity index (χ0) is 78.6. The number of fused-ring (bicyclic) bond motifs is 8. The van der Waals surface area contributed by atoms with Crippen LogP contribution in [-0.2, 0) is 50.3 Å². The molecule has 4 spiro atoms. The van der Waals surface area contributed by atoms with Crippen LogP contribution in [0.15, 0.2) is 48.5 Å². The SMILES string of the molecule is CC(=O)NC(C)(C)C1CC2(CCN(C(=O)OC(C)(C)C)CC2)c2cc(Cl)c(C)cc21.CC(=O)NC(C)(C)C1CC2(CCN(C(=O)OC(C)(C)C)CC2)c2cc(Cl)c(C)cc21.CC(=O)NC(C)(C)C1CC2(CCNCC2)c2cc(Cl)c(C)cc21.CC(=O)NC(C)(C)C1CC2(CCNCC2)c2cc(Cl)c(C)cc21.Cl.Cl. The largest absolute Gasteiger partial charge is 0.444 e. The normalized spacial score (nSPS) is 21.3. The van der Waals surface area contributed by atoms with Crippen LogP contribution in [0, 0.1) is 27.7 Å². The van der Waals surface area contributed by atoms with Gasteiger partial charge in [-0.25, -0.2) is 9.59 Å². The van der Waals surface area contributed by atoms with Crippen molar-refractivity contribution in [2.24, 2.45) is 0 Å². The molecule has 0 bridgehead atoms. The van der Waals surface area contributed by atoms with E-state index in [9.17, 15) is 28.8 Å². The molecule has 8 aliphatic rings. The summed E-state index contributed by atoms with van der Waals surface area (Å²) in [7, 11) is 0. The van der Waals surface area contributed by atoms with Gasteiger partial charge in [-0.15, -0.1) is 24.8 Å². The summed E-state index contributed by atoms with van der Waals surface area (Å²) in [6.07, 6.45) is 11.6. The third-order valence-electron chi connectivity index (χ3n) is 24.8. The Hall–Kier alpha value is -5.04. The van der Waals surface area contributed by atoms with Crippen LogP contribution < -0.4 is 31.9 Å². The van der Waals surface area contributed by atoms with Crippen molar-refractivity contribution in [3.63, 3.8) is 0 Å². The summed E-state index contributed by atoms with van der Waals surface area (Å²) in [4.78, 5) is 75.8. The first-order valence-electron chi connectivity index (χ1n) is 38.7. The minimum atomic E-state index is -0.495. The molecule has 4 atom stereocenters. The number of piperidine rings is 4. The first kappa shape index (κ1) is 90.2. The molecule has 4 aliphatic carbocycles. The average Bonchev–Trinajstić information content (AvgIpc) is 1.61. The number of ether oxygens (including phenoxy) is 2. The van der Waals surface area contributed by atoms with Crippen molar-refractivity contribution in [1.29, 1.82) is 0 Å². The summed E-state index contributed by atoms with van der Waals surface area (Å²) in [5.74, 6) is 1.08. The van der Waals surface area contributed by atoms with Gasteiger partial charge in [0, 0.05) is 120 Å². The van der Waals surface area contributed by atoms with Crippen LogP contribution in [0.1, 0.15) is 292 Å². The second-order valence-corrected chi connectivity index (χ2v) is 38.6. The summed E-state index contributed by atoms with van der Waals surface area (Å²) in [5, 5.41) is 22.9. The molecule has 4 heterocycles. The standard InChI is InChI=1S/2C24H35ClN2O3.2C19H27ClN2O.2ClH/c2*1-15-12-17-18(13-20(15)25)24(14-19(17)23(6,7)26-16(2)28)8-10-27(11-9-24)21(29)30-22(3,4)5;2*1-12-9-14-15(10-17(12)20)19(5-7-21-8-6-19)11-16(14)18(3,4)22-13(2)23;;/h2*12-13,19H,8-11,14H2,1-7H3,(H,26,28);2*9-10,16,21H,5-8,11H2,1-4H3,(H,22,23);2*1H. The third kappa shape index (κ3) is 19.9. The lowest BCUT2D eigenvalue weighted by Gasteiger charge is -2.41. The Labute approximate surface area is 678 Å². The number of hydrogen-bond acceptors (Lipinski definition) is 10. The van der Waals surface area contributed by atoms with Crippen LogP contribution in [-0.4, -0.2) is 131 Å². The summed E-state index contributed by atoms with van der Waals surface area (Å²) in [6, 6.07) is 17.5. The number of benzene rings is 4. The van der Waals surface area contributed by atoms with Gasteiger partial charge in [0.05, 0.1) is 0 Å². The number of amides is 6. The highest BCUT2D eigenvalue weighted by Crippen LogP contribution is 2.60. The zero-order valence-electron chi connectivity index (χ0n) is 68.6. The molecule has 108 heavy (non-hydrogen) atoms. The van der Waals surface area contributed by atoms with Crippen molar-refractivity contribution >= 4 is 107 Å². The van der Waals surface area contributed by atoms with Crippen LogP contribution in [0.25, 0.3) is 0 Å². The van der Waals surface area contributed by atoms with Crippen LogP contribution in [0.5, 0.6) is 0 Å². The van der Waals surface area contributed by atoms with Crippen LogP contribution in [0.3, 0.4) is 0 Å². The van der Waals surface area contributed by atoms with Gasteiger partial charge in [-0.05, 0) is 341 Å². The maximum absolute atomic E-state index is 12.5. The van der Waals surface area contributed by atoms with E-state index in [0.717, 1.165) is 146 Å². The molecule has 12 rings (SSSR count). The van der Waals surface area contributed by atoms with Crippen LogP contribution in [0.2, 0.25) is 20.1 Å². The highest BCUT2D eigenvalue weighted by atomic mass is 35.5. The molecule has 4 saturated heterocycles. The second-order valence-electron chi connectivity index (χ2n) is 36.9. The van der Waals surface area contributed by atoms with Crippen molar-refractivity contribution in [3.8, 4) is 0 Å². The van der Waals surface area contributed by atoms with E-state index < -0.39 is 11.2 Å². The van der Waals surface area contributed by atoms with E-state index >= 15 is 0 Å². The highest BCUT2D eigenvalue weighted by Gasteiger charge is 2.55. The molecular weight excluding hydrogens is 1490 g/mol.